The van der Waals surface area contributed by atoms with Crippen LogP contribution in [0, 0.1) is 6.92 Å². The maximum atomic E-state index is 12.1. The second kappa shape index (κ2) is 7.28. The molecule has 0 saturated heterocycles. The maximum Gasteiger partial charge on any atom is 0.316 e. The van der Waals surface area contributed by atoms with Crippen LogP contribution < -0.4 is 5.56 Å². The topological polar surface area (TPSA) is 73.6 Å². The first-order chi connectivity index (χ1) is 10.1. The minimum absolute atomic E-state index is 0.236. The molecule has 2 rings (SSSR count). The minimum Gasteiger partial charge on any atom is -0.465 e. The van der Waals surface area contributed by atoms with Crippen molar-refractivity contribution in [1.29, 1.82) is 0 Å². The molecule has 2 aromatic heterocycles. The molecule has 0 bridgehead atoms. The van der Waals surface area contributed by atoms with E-state index in [0.29, 0.717) is 28.0 Å². The number of nitrogens with zero attached hydrogens (tertiary/aromatic N) is 3. The van der Waals surface area contributed by atoms with E-state index < -0.39 is 5.92 Å². The molecule has 0 N–H and O–H groups in total. The first-order valence-corrected chi connectivity index (χ1v) is 9.80. The van der Waals surface area contributed by atoms with Crippen LogP contribution in [0.2, 0.25) is 0 Å². The third kappa shape index (κ3) is 3.78. The van der Waals surface area contributed by atoms with Crippen molar-refractivity contribution in [1.82, 2.24) is 14.6 Å². The molecule has 9 heteroatoms. The Balaban J connectivity index is 2.41. The minimum atomic E-state index is -0.478. The van der Waals surface area contributed by atoms with Gasteiger partial charge in [0.15, 0.2) is 0 Å². The zero-order valence-corrected chi connectivity index (χ0v) is 14.3. The van der Waals surface area contributed by atoms with Crippen LogP contribution in [0.5, 0.6) is 0 Å². The molecule has 2 heterocycles. The standard InChI is InChI=1S/C12H15N3O3S3/c1-4-18-11(17)8(6-20-19-3)10-14-15-9(16)5-7(2)13-12(15)21-10/h5,8H,4,6H2,1-3H3. The molecule has 0 saturated carbocycles. The number of carbonyl (C=O) groups excluding carboxylic acids is 1. The van der Waals surface area contributed by atoms with Gasteiger partial charge in [-0.3, -0.25) is 9.59 Å². The van der Waals surface area contributed by atoms with Gasteiger partial charge in [-0.15, -0.1) is 0 Å². The first-order valence-electron chi connectivity index (χ1n) is 6.26. The molecule has 0 aliphatic rings. The Morgan fingerprint density at radius 3 is 3.00 bits per heavy atom. The average Bonchev–Trinajstić information content (AvgIpc) is 2.83. The van der Waals surface area contributed by atoms with Gasteiger partial charge >= 0.3 is 5.97 Å². The summed E-state index contributed by atoms with van der Waals surface area (Å²) in [6.07, 6.45) is 1.95. The van der Waals surface area contributed by atoms with Crippen LogP contribution in [-0.2, 0) is 9.53 Å². The molecule has 0 spiro atoms. The third-order valence-electron chi connectivity index (χ3n) is 2.61. The molecule has 2 aromatic rings. The molecule has 21 heavy (non-hydrogen) atoms. The quantitative estimate of drug-likeness (QED) is 0.586. The summed E-state index contributed by atoms with van der Waals surface area (Å²) in [4.78, 5) is 28.8. The molecule has 0 aromatic carbocycles. The lowest BCUT2D eigenvalue weighted by Crippen LogP contribution is -2.19. The van der Waals surface area contributed by atoms with E-state index in [4.69, 9.17) is 4.74 Å². The smallest absolute Gasteiger partial charge is 0.316 e. The number of aromatic nitrogens is 3. The number of hydrogen-bond donors (Lipinski definition) is 0. The summed E-state index contributed by atoms with van der Waals surface area (Å²) in [6.45, 7) is 3.85. The van der Waals surface area contributed by atoms with Gasteiger partial charge in [-0.1, -0.05) is 32.9 Å². The van der Waals surface area contributed by atoms with E-state index >= 15 is 0 Å². The van der Waals surface area contributed by atoms with Gasteiger partial charge in [0.05, 0.1) is 6.61 Å². The summed E-state index contributed by atoms with van der Waals surface area (Å²) in [5.74, 6) is -0.246. The molecule has 0 aliphatic heterocycles. The fourth-order valence-corrected chi connectivity index (χ4v) is 4.22. The van der Waals surface area contributed by atoms with Gasteiger partial charge in [-0.25, -0.2) is 4.98 Å². The second-order valence-electron chi connectivity index (χ2n) is 4.13. The van der Waals surface area contributed by atoms with Crippen LogP contribution in [0.25, 0.3) is 4.96 Å². The lowest BCUT2D eigenvalue weighted by atomic mass is 10.2. The van der Waals surface area contributed by atoms with Gasteiger partial charge in [-0.05, 0) is 20.1 Å². The number of hydrogen-bond acceptors (Lipinski definition) is 8. The van der Waals surface area contributed by atoms with Crippen molar-refractivity contribution in [3.8, 4) is 0 Å². The monoisotopic (exact) mass is 345 g/mol. The SMILES string of the molecule is CCOC(=O)C(CSSC)c1nn2c(=O)cc(C)nc2s1. The number of ether oxygens (including phenoxy) is 1. The predicted molar refractivity (Wildman–Crippen MR) is 87.2 cm³/mol. The second-order valence-corrected chi connectivity index (χ2v) is 7.72. The average molecular weight is 345 g/mol. The van der Waals surface area contributed by atoms with Crippen LogP contribution in [-0.4, -0.2) is 39.2 Å². The highest BCUT2D eigenvalue weighted by Crippen LogP contribution is 2.30. The zero-order chi connectivity index (χ0) is 15.4. The van der Waals surface area contributed by atoms with Gasteiger partial charge < -0.3 is 4.74 Å². The van der Waals surface area contributed by atoms with Crippen molar-refractivity contribution in [2.45, 2.75) is 19.8 Å². The molecular weight excluding hydrogens is 330 g/mol. The fourth-order valence-electron chi connectivity index (χ4n) is 1.70. The molecule has 1 atom stereocenters. The summed E-state index contributed by atoms with van der Waals surface area (Å²) in [5.41, 5.74) is 0.404. The Hall–Kier alpha value is -1.06. The molecule has 6 nitrogen and oxygen atoms in total. The van der Waals surface area contributed by atoms with E-state index in [1.54, 1.807) is 35.4 Å². The Kier molecular flexibility index (Phi) is 5.65. The Bertz CT molecular complexity index is 698. The molecule has 0 amide bonds. The van der Waals surface area contributed by atoms with Crippen LogP contribution in [0.4, 0.5) is 0 Å². The van der Waals surface area contributed by atoms with Crippen molar-refractivity contribution in [3.05, 3.63) is 27.1 Å². The van der Waals surface area contributed by atoms with Gasteiger partial charge in [0.25, 0.3) is 5.56 Å². The van der Waals surface area contributed by atoms with Crippen molar-refractivity contribution in [2.75, 3.05) is 18.6 Å². The number of rotatable bonds is 6. The van der Waals surface area contributed by atoms with Crippen molar-refractivity contribution >= 4 is 43.9 Å². The lowest BCUT2D eigenvalue weighted by Gasteiger charge is -2.11. The fraction of sp³-hybridized carbons (Fsp3) is 0.500. The van der Waals surface area contributed by atoms with Gasteiger partial charge in [-0.2, -0.15) is 9.61 Å². The van der Waals surface area contributed by atoms with Crippen molar-refractivity contribution in [2.24, 2.45) is 0 Å². The predicted octanol–water partition coefficient (Wildman–Crippen LogP) is 2.12. The van der Waals surface area contributed by atoms with Crippen LogP contribution >= 0.6 is 32.9 Å². The van der Waals surface area contributed by atoms with E-state index in [0.717, 1.165) is 0 Å². The summed E-state index contributed by atoms with van der Waals surface area (Å²) in [7, 11) is 3.13. The third-order valence-corrected chi connectivity index (χ3v) is 5.45. The molecule has 114 valence electrons. The lowest BCUT2D eigenvalue weighted by molar-refractivity contribution is -0.144. The largest absolute Gasteiger partial charge is 0.465 e. The Morgan fingerprint density at radius 1 is 1.57 bits per heavy atom. The van der Waals surface area contributed by atoms with Gasteiger partial charge in [0.1, 0.15) is 10.9 Å². The van der Waals surface area contributed by atoms with E-state index in [-0.39, 0.29) is 11.5 Å². The van der Waals surface area contributed by atoms with Crippen LogP contribution in [0.3, 0.4) is 0 Å². The molecule has 0 fully saturated rings. The van der Waals surface area contributed by atoms with Gasteiger partial charge in [0, 0.05) is 17.5 Å². The normalized spacial score (nSPS) is 12.5. The number of esters is 1. The highest BCUT2D eigenvalue weighted by atomic mass is 33.1. The van der Waals surface area contributed by atoms with Gasteiger partial charge in [0.2, 0.25) is 4.96 Å². The molecule has 0 aliphatic carbocycles. The van der Waals surface area contributed by atoms with E-state index in [1.165, 1.54) is 21.9 Å². The van der Waals surface area contributed by atoms with E-state index in [2.05, 4.69) is 10.1 Å². The maximum absolute atomic E-state index is 12.1. The number of carbonyl (C=O) groups is 1. The highest BCUT2D eigenvalue weighted by molar-refractivity contribution is 8.76. The van der Waals surface area contributed by atoms with E-state index in [9.17, 15) is 9.59 Å². The highest BCUT2D eigenvalue weighted by Gasteiger charge is 2.26. The number of fused-ring (bicyclic) bond motifs is 1. The van der Waals surface area contributed by atoms with Crippen LogP contribution in [0.1, 0.15) is 23.5 Å². The summed E-state index contributed by atoms with van der Waals surface area (Å²) in [6, 6.07) is 1.42. The Morgan fingerprint density at radius 2 is 2.33 bits per heavy atom. The van der Waals surface area contributed by atoms with Crippen molar-refractivity contribution in [3.63, 3.8) is 0 Å². The first kappa shape index (κ1) is 16.3. The molecule has 0 radical (unpaired) electrons. The summed E-state index contributed by atoms with van der Waals surface area (Å²) >= 11 is 1.26. The van der Waals surface area contributed by atoms with Crippen molar-refractivity contribution < 1.29 is 9.53 Å². The number of aryl methyl sites for hydroxylation is 1. The Labute approximate surface area is 133 Å². The summed E-state index contributed by atoms with van der Waals surface area (Å²) in [5, 5.41) is 4.81. The van der Waals surface area contributed by atoms with Crippen LogP contribution in [0.15, 0.2) is 10.9 Å². The summed E-state index contributed by atoms with van der Waals surface area (Å²) < 4.78 is 6.34. The van der Waals surface area contributed by atoms with E-state index in [1.807, 2.05) is 6.26 Å². The molecule has 1 unspecified atom stereocenters. The molecular formula is C12H15N3O3S3. The zero-order valence-electron chi connectivity index (χ0n) is 11.9.